The molecule has 1 N–H and O–H groups in total. The van der Waals surface area contributed by atoms with Crippen molar-refractivity contribution in [1.82, 2.24) is 0 Å². The molecule has 0 aliphatic rings. The van der Waals surface area contributed by atoms with E-state index in [1.807, 2.05) is 27.7 Å². The summed E-state index contributed by atoms with van der Waals surface area (Å²) in [5.74, 6) is 0.320. The van der Waals surface area contributed by atoms with Gasteiger partial charge in [-0.15, -0.1) is 0 Å². The predicted octanol–water partition coefficient (Wildman–Crippen LogP) is 1.62. The van der Waals surface area contributed by atoms with Crippen LogP contribution in [0.4, 0.5) is 0 Å². The van der Waals surface area contributed by atoms with Gasteiger partial charge in [-0.25, -0.2) is 0 Å². The number of ketones is 1. The molecule has 2 nitrogen and oxygen atoms in total. The van der Waals surface area contributed by atoms with Crippen LogP contribution in [0.15, 0.2) is 0 Å². The van der Waals surface area contributed by atoms with Gasteiger partial charge < -0.3 is 5.11 Å². The van der Waals surface area contributed by atoms with E-state index in [9.17, 15) is 4.79 Å². The molecule has 0 aromatic rings. The summed E-state index contributed by atoms with van der Waals surface area (Å²) in [4.78, 5) is 11.3. The van der Waals surface area contributed by atoms with Crippen molar-refractivity contribution >= 4 is 5.78 Å². The normalized spacial score (nSPS) is 14.6. The maximum absolute atomic E-state index is 11.3. The van der Waals surface area contributed by atoms with Gasteiger partial charge in [0.05, 0.1) is 0 Å². The van der Waals surface area contributed by atoms with Crippen LogP contribution in [-0.4, -0.2) is 17.5 Å². The molecule has 0 heterocycles. The lowest BCUT2D eigenvalue weighted by Crippen LogP contribution is -2.23. The Morgan fingerprint density at radius 1 is 1.45 bits per heavy atom. The number of hydrogen-bond acceptors (Lipinski definition) is 2. The van der Waals surface area contributed by atoms with E-state index in [2.05, 4.69) is 0 Å². The molecule has 0 rings (SSSR count). The summed E-state index contributed by atoms with van der Waals surface area (Å²) in [6.07, 6.45) is 0.486. The van der Waals surface area contributed by atoms with Crippen LogP contribution in [0, 0.1) is 11.3 Å². The van der Waals surface area contributed by atoms with Crippen molar-refractivity contribution in [3.63, 3.8) is 0 Å². The number of carbonyl (C=O) groups is 1. The highest BCUT2D eigenvalue weighted by atomic mass is 16.3. The first-order valence-corrected chi connectivity index (χ1v) is 4.02. The van der Waals surface area contributed by atoms with E-state index >= 15 is 0 Å². The standard InChI is InChI=1S/C9H18O2/c1-7(6-10)5-8(11)9(2,3)4/h7,10H,5-6H2,1-4H3. The highest BCUT2D eigenvalue weighted by Gasteiger charge is 2.22. The second kappa shape index (κ2) is 3.86. The molecule has 0 spiro atoms. The third kappa shape index (κ3) is 4.14. The molecule has 0 saturated heterocycles. The van der Waals surface area contributed by atoms with Crippen molar-refractivity contribution in [3.05, 3.63) is 0 Å². The van der Waals surface area contributed by atoms with Gasteiger partial charge in [0.1, 0.15) is 5.78 Å². The Morgan fingerprint density at radius 2 is 1.91 bits per heavy atom. The molecule has 0 aromatic carbocycles. The number of carbonyl (C=O) groups excluding carboxylic acids is 1. The van der Waals surface area contributed by atoms with Crippen molar-refractivity contribution in [2.75, 3.05) is 6.61 Å². The van der Waals surface area contributed by atoms with Crippen LogP contribution in [0.2, 0.25) is 0 Å². The summed E-state index contributed by atoms with van der Waals surface area (Å²) in [6.45, 7) is 7.68. The largest absolute Gasteiger partial charge is 0.396 e. The maximum atomic E-state index is 11.3. The number of hydrogen-bond donors (Lipinski definition) is 1. The molecule has 0 aromatic heterocycles. The molecule has 66 valence electrons. The molecule has 2 heteroatoms. The Hall–Kier alpha value is -0.370. The first-order valence-electron chi connectivity index (χ1n) is 4.02. The quantitative estimate of drug-likeness (QED) is 0.677. The second-order valence-electron chi connectivity index (χ2n) is 4.17. The fraction of sp³-hybridized carbons (Fsp3) is 0.889. The topological polar surface area (TPSA) is 37.3 Å². The van der Waals surface area contributed by atoms with Crippen molar-refractivity contribution in [2.45, 2.75) is 34.1 Å². The first kappa shape index (κ1) is 10.6. The monoisotopic (exact) mass is 158 g/mol. The van der Waals surface area contributed by atoms with E-state index in [-0.39, 0.29) is 23.7 Å². The van der Waals surface area contributed by atoms with Crippen LogP contribution in [0.3, 0.4) is 0 Å². The average molecular weight is 158 g/mol. The summed E-state index contributed by atoms with van der Waals surface area (Å²) < 4.78 is 0. The van der Waals surface area contributed by atoms with Gasteiger partial charge in [0, 0.05) is 18.4 Å². The van der Waals surface area contributed by atoms with Crippen LogP contribution in [-0.2, 0) is 4.79 Å². The van der Waals surface area contributed by atoms with Gasteiger partial charge >= 0.3 is 0 Å². The third-order valence-electron chi connectivity index (χ3n) is 1.68. The number of rotatable bonds is 3. The van der Waals surface area contributed by atoms with Crippen LogP contribution in [0.25, 0.3) is 0 Å². The predicted molar refractivity (Wildman–Crippen MR) is 45.3 cm³/mol. The van der Waals surface area contributed by atoms with Crippen molar-refractivity contribution in [3.8, 4) is 0 Å². The van der Waals surface area contributed by atoms with E-state index in [0.717, 1.165) is 0 Å². The van der Waals surface area contributed by atoms with Crippen LogP contribution < -0.4 is 0 Å². The second-order valence-corrected chi connectivity index (χ2v) is 4.17. The Balaban J connectivity index is 3.88. The molecule has 0 amide bonds. The SMILES string of the molecule is CC(CO)CC(=O)C(C)(C)C. The van der Waals surface area contributed by atoms with Crippen LogP contribution in [0.1, 0.15) is 34.1 Å². The van der Waals surface area contributed by atoms with E-state index in [0.29, 0.717) is 6.42 Å². The Labute approximate surface area is 68.6 Å². The van der Waals surface area contributed by atoms with E-state index in [1.165, 1.54) is 0 Å². The van der Waals surface area contributed by atoms with Crippen LogP contribution >= 0.6 is 0 Å². The van der Waals surface area contributed by atoms with Gasteiger partial charge in [0.25, 0.3) is 0 Å². The molecule has 0 aliphatic carbocycles. The third-order valence-corrected chi connectivity index (χ3v) is 1.68. The van der Waals surface area contributed by atoms with Gasteiger partial charge in [-0.05, 0) is 5.92 Å². The lowest BCUT2D eigenvalue weighted by molar-refractivity contribution is -0.127. The molecule has 11 heavy (non-hydrogen) atoms. The number of aliphatic hydroxyl groups excluding tert-OH is 1. The van der Waals surface area contributed by atoms with Crippen molar-refractivity contribution in [2.24, 2.45) is 11.3 Å². The minimum Gasteiger partial charge on any atom is -0.396 e. The van der Waals surface area contributed by atoms with Crippen molar-refractivity contribution in [1.29, 1.82) is 0 Å². The number of aliphatic hydroxyl groups is 1. The van der Waals surface area contributed by atoms with E-state index < -0.39 is 0 Å². The van der Waals surface area contributed by atoms with Gasteiger partial charge in [-0.2, -0.15) is 0 Å². The molecular formula is C9H18O2. The Kier molecular flexibility index (Phi) is 3.73. The number of Topliss-reactive ketones (excluding diaryl/α,β-unsaturated/α-hetero) is 1. The zero-order chi connectivity index (χ0) is 9.07. The molecule has 1 atom stereocenters. The van der Waals surface area contributed by atoms with Crippen LogP contribution in [0.5, 0.6) is 0 Å². The fourth-order valence-corrected chi connectivity index (χ4v) is 0.687. The Morgan fingerprint density at radius 3 is 2.18 bits per heavy atom. The zero-order valence-corrected chi connectivity index (χ0v) is 7.85. The van der Waals surface area contributed by atoms with Gasteiger partial charge in [-0.3, -0.25) is 4.79 Å². The lowest BCUT2D eigenvalue weighted by atomic mass is 9.86. The minimum absolute atomic E-state index is 0.0988. The van der Waals surface area contributed by atoms with E-state index in [4.69, 9.17) is 5.11 Å². The average Bonchev–Trinajstić information content (AvgIpc) is 1.85. The molecular weight excluding hydrogens is 140 g/mol. The molecule has 0 fully saturated rings. The van der Waals surface area contributed by atoms with Crippen molar-refractivity contribution < 1.29 is 9.90 Å². The summed E-state index contributed by atoms with van der Waals surface area (Å²) in [6, 6.07) is 0. The first-order chi connectivity index (χ1) is 4.88. The maximum Gasteiger partial charge on any atom is 0.138 e. The van der Waals surface area contributed by atoms with E-state index in [1.54, 1.807) is 0 Å². The van der Waals surface area contributed by atoms with Gasteiger partial charge in [0.2, 0.25) is 0 Å². The molecule has 1 unspecified atom stereocenters. The summed E-state index contributed by atoms with van der Waals surface area (Å²) >= 11 is 0. The zero-order valence-electron chi connectivity index (χ0n) is 7.85. The molecule has 0 radical (unpaired) electrons. The smallest absolute Gasteiger partial charge is 0.138 e. The van der Waals surface area contributed by atoms with Gasteiger partial charge in [0.15, 0.2) is 0 Å². The lowest BCUT2D eigenvalue weighted by Gasteiger charge is -2.18. The summed E-state index contributed by atoms with van der Waals surface area (Å²) in [7, 11) is 0. The summed E-state index contributed by atoms with van der Waals surface area (Å²) in [5, 5.41) is 8.70. The molecule has 0 aliphatic heterocycles. The minimum atomic E-state index is -0.260. The highest BCUT2D eigenvalue weighted by molar-refractivity contribution is 5.83. The molecule has 0 bridgehead atoms. The Bertz CT molecular complexity index is 133. The highest BCUT2D eigenvalue weighted by Crippen LogP contribution is 2.19. The summed E-state index contributed by atoms with van der Waals surface area (Å²) in [5.41, 5.74) is -0.260. The van der Waals surface area contributed by atoms with Gasteiger partial charge in [-0.1, -0.05) is 27.7 Å². The molecule has 0 saturated carbocycles. The fourth-order valence-electron chi connectivity index (χ4n) is 0.687.